The maximum atomic E-state index is 9.03. The Hall–Kier alpha value is -1.99. The third-order valence-corrected chi connectivity index (χ3v) is 8.79. The molecule has 0 aromatic heterocycles. The fourth-order valence-electron chi connectivity index (χ4n) is 3.25. The van der Waals surface area contributed by atoms with Crippen LogP contribution in [-0.4, -0.2) is 31.1 Å². The van der Waals surface area contributed by atoms with E-state index in [1.54, 1.807) is 0 Å². The molecule has 0 aliphatic rings. The van der Waals surface area contributed by atoms with E-state index in [1.165, 1.54) is 15.9 Å². The second-order valence-corrected chi connectivity index (χ2v) is 9.49. The summed E-state index contributed by atoms with van der Waals surface area (Å²) in [7, 11) is -1.80. The minimum atomic E-state index is -1.80. The number of aliphatic hydroxyl groups is 1. The quantitative estimate of drug-likeness (QED) is 0.499. The first-order valence-electron chi connectivity index (χ1n) is 8.61. The lowest BCUT2D eigenvalue weighted by Gasteiger charge is -2.27. The molecule has 0 bridgehead atoms. The number of hydrogen-bond donors (Lipinski definition) is 1. The van der Waals surface area contributed by atoms with Crippen molar-refractivity contribution in [3.8, 4) is 0 Å². The Morgan fingerprint density at radius 2 is 1.00 bits per heavy atom. The molecule has 3 aromatic carbocycles. The first-order valence-corrected chi connectivity index (χ1v) is 10.6. The van der Waals surface area contributed by atoms with E-state index in [0.29, 0.717) is 13.2 Å². The van der Waals surface area contributed by atoms with Gasteiger partial charge in [-0.05, 0) is 36.4 Å². The molecule has 2 nitrogen and oxygen atoms in total. The normalized spacial score (nSPS) is 11.4. The number of hydrogen-bond acceptors (Lipinski definition) is 2. The van der Waals surface area contributed by atoms with Gasteiger partial charge in [-0.15, -0.1) is 0 Å². The monoisotopic (exact) mass is 351 g/mol. The first kappa shape index (κ1) is 17.8. The molecule has 0 spiro atoms. The van der Waals surface area contributed by atoms with Crippen LogP contribution in [-0.2, 0) is 4.74 Å². The second-order valence-electron chi connectivity index (χ2n) is 5.88. The molecule has 128 valence electrons. The summed E-state index contributed by atoms with van der Waals surface area (Å²) >= 11 is 0. The van der Waals surface area contributed by atoms with Gasteiger partial charge in [0.05, 0.1) is 26.0 Å². The summed E-state index contributed by atoms with van der Waals surface area (Å²) in [4.78, 5) is 0. The minimum absolute atomic E-state index is 0.0630. The topological polar surface area (TPSA) is 29.5 Å². The van der Waals surface area contributed by atoms with Crippen LogP contribution in [0.25, 0.3) is 0 Å². The van der Waals surface area contributed by atoms with Crippen LogP contribution in [0.4, 0.5) is 0 Å². The van der Waals surface area contributed by atoms with Crippen molar-refractivity contribution in [2.75, 3.05) is 26.0 Å². The molecule has 0 saturated heterocycles. The standard InChI is InChI=1S/C22H24O2P/c23-16-17-24-18-19-25(20-10-4-1-5-11-20,21-12-6-2-7-13-21)22-14-8-3-9-15-22/h1-15,23H,16-19H2/q+1. The van der Waals surface area contributed by atoms with Gasteiger partial charge in [-0.2, -0.15) is 0 Å². The molecule has 25 heavy (non-hydrogen) atoms. The summed E-state index contributed by atoms with van der Waals surface area (Å²) in [6, 6.07) is 32.3. The number of benzene rings is 3. The fraction of sp³-hybridized carbons (Fsp3) is 0.182. The van der Waals surface area contributed by atoms with Gasteiger partial charge < -0.3 is 9.84 Å². The maximum Gasteiger partial charge on any atom is 0.114 e. The Morgan fingerprint density at radius 1 is 0.600 bits per heavy atom. The Balaban J connectivity index is 2.13. The van der Waals surface area contributed by atoms with E-state index < -0.39 is 7.26 Å². The van der Waals surface area contributed by atoms with Gasteiger partial charge in [-0.1, -0.05) is 54.6 Å². The molecule has 0 fully saturated rings. The van der Waals surface area contributed by atoms with Gasteiger partial charge >= 0.3 is 0 Å². The molecule has 0 unspecified atom stereocenters. The third-order valence-electron chi connectivity index (χ3n) is 4.40. The fourth-order valence-corrected chi connectivity index (χ4v) is 7.37. The zero-order chi connectivity index (χ0) is 17.4. The highest BCUT2D eigenvalue weighted by Gasteiger charge is 2.44. The summed E-state index contributed by atoms with van der Waals surface area (Å²) in [6.45, 7) is 1.08. The highest BCUT2D eigenvalue weighted by atomic mass is 31.2. The van der Waals surface area contributed by atoms with Crippen molar-refractivity contribution in [1.29, 1.82) is 0 Å². The van der Waals surface area contributed by atoms with Crippen molar-refractivity contribution in [2.45, 2.75) is 0 Å². The molecule has 0 atom stereocenters. The summed E-state index contributed by atoms with van der Waals surface area (Å²) < 4.78 is 5.68. The van der Waals surface area contributed by atoms with Gasteiger partial charge in [0, 0.05) is 0 Å². The molecule has 0 aliphatic carbocycles. The summed E-state index contributed by atoms with van der Waals surface area (Å²) in [5, 5.41) is 13.1. The second kappa shape index (κ2) is 8.92. The lowest BCUT2D eigenvalue weighted by molar-refractivity contribution is 0.103. The van der Waals surface area contributed by atoms with E-state index in [1.807, 2.05) is 0 Å². The average molecular weight is 351 g/mol. The van der Waals surface area contributed by atoms with Crippen molar-refractivity contribution in [1.82, 2.24) is 0 Å². The van der Waals surface area contributed by atoms with E-state index in [-0.39, 0.29) is 6.61 Å². The van der Waals surface area contributed by atoms with E-state index in [2.05, 4.69) is 91.0 Å². The average Bonchev–Trinajstić information content (AvgIpc) is 2.70. The molecule has 1 N–H and O–H groups in total. The summed E-state index contributed by atoms with van der Waals surface area (Å²) in [5.41, 5.74) is 0. The van der Waals surface area contributed by atoms with Crippen LogP contribution in [0.1, 0.15) is 0 Å². The van der Waals surface area contributed by atoms with Crippen molar-refractivity contribution in [2.24, 2.45) is 0 Å². The van der Waals surface area contributed by atoms with E-state index >= 15 is 0 Å². The van der Waals surface area contributed by atoms with Crippen LogP contribution < -0.4 is 15.9 Å². The van der Waals surface area contributed by atoms with E-state index in [9.17, 15) is 0 Å². The zero-order valence-electron chi connectivity index (χ0n) is 14.3. The smallest absolute Gasteiger partial charge is 0.114 e. The first-order chi connectivity index (χ1) is 12.4. The van der Waals surface area contributed by atoms with Gasteiger partial charge in [0.25, 0.3) is 0 Å². The molecule has 3 aromatic rings. The Bertz CT molecular complexity index is 648. The van der Waals surface area contributed by atoms with Gasteiger partial charge in [-0.3, -0.25) is 0 Å². The highest BCUT2D eigenvalue weighted by Crippen LogP contribution is 2.54. The number of aliphatic hydroxyl groups excluding tert-OH is 1. The molecular weight excluding hydrogens is 327 g/mol. The van der Waals surface area contributed by atoms with Gasteiger partial charge in [0.15, 0.2) is 0 Å². The van der Waals surface area contributed by atoms with Crippen LogP contribution in [0.3, 0.4) is 0 Å². The molecule has 0 heterocycles. The molecule has 0 amide bonds. The molecule has 0 aliphatic heterocycles. The molecule has 0 saturated carbocycles. The third kappa shape index (κ3) is 3.99. The van der Waals surface area contributed by atoms with Crippen LogP contribution in [0.2, 0.25) is 0 Å². The Labute approximate surface area is 150 Å². The number of ether oxygens (including phenoxy) is 1. The van der Waals surface area contributed by atoms with Crippen LogP contribution >= 0.6 is 7.26 Å². The highest BCUT2D eigenvalue weighted by molar-refractivity contribution is 7.95. The Morgan fingerprint density at radius 3 is 1.36 bits per heavy atom. The SMILES string of the molecule is OCCOCC[P+](c1ccccc1)(c1ccccc1)c1ccccc1. The van der Waals surface area contributed by atoms with E-state index in [0.717, 1.165) is 6.16 Å². The molecule has 0 radical (unpaired) electrons. The van der Waals surface area contributed by atoms with Gasteiger partial charge in [-0.25, -0.2) is 0 Å². The lowest BCUT2D eigenvalue weighted by atomic mass is 10.4. The van der Waals surface area contributed by atoms with Crippen molar-refractivity contribution >= 4 is 23.2 Å². The molecule has 3 rings (SSSR count). The minimum Gasteiger partial charge on any atom is -0.394 e. The van der Waals surface area contributed by atoms with Crippen LogP contribution in [0.5, 0.6) is 0 Å². The van der Waals surface area contributed by atoms with Crippen LogP contribution in [0.15, 0.2) is 91.0 Å². The number of rotatable bonds is 8. The Kier molecular flexibility index (Phi) is 6.36. The molecular formula is C22H24O2P+. The van der Waals surface area contributed by atoms with Gasteiger partial charge in [0.1, 0.15) is 23.2 Å². The van der Waals surface area contributed by atoms with Gasteiger partial charge in [0.2, 0.25) is 0 Å². The zero-order valence-corrected chi connectivity index (χ0v) is 15.2. The predicted molar refractivity (Wildman–Crippen MR) is 108 cm³/mol. The lowest BCUT2D eigenvalue weighted by Crippen LogP contribution is -2.34. The predicted octanol–water partition coefficient (Wildman–Crippen LogP) is 2.99. The summed E-state index contributed by atoms with van der Waals surface area (Å²) in [6.07, 6.45) is 0.922. The van der Waals surface area contributed by atoms with Crippen molar-refractivity contribution in [3.05, 3.63) is 91.0 Å². The van der Waals surface area contributed by atoms with Crippen molar-refractivity contribution in [3.63, 3.8) is 0 Å². The maximum absolute atomic E-state index is 9.03. The van der Waals surface area contributed by atoms with E-state index in [4.69, 9.17) is 9.84 Å². The largest absolute Gasteiger partial charge is 0.394 e. The van der Waals surface area contributed by atoms with Crippen molar-refractivity contribution < 1.29 is 9.84 Å². The van der Waals surface area contributed by atoms with Crippen LogP contribution in [0, 0.1) is 0 Å². The summed E-state index contributed by atoms with van der Waals surface area (Å²) in [5.74, 6) is 0. The molecule has 3 heteroatoms.